The molecule has 1 atom stereocenters. The summed E-state index contributed by atoms with van der Waals surface area (Å²) < 4.78 is 0. The number of nitrogens with one attached hydrogen (secondary N) is 2. The van der Waals surface area contributed by atoms with Gasteiger partial charge in [0.25, 0.3) is 5.91 Å². The Labute approximate surface area is 226 Å². The zero-order chi connectivity index (χ0) is 27.8. The Morgan fingerprint density at radius 3 is 2.08 bits per heavy atom. The lowest BCUT2D eigenvalue weighted by Crippen LogP contribution is -2.46. The maximum atomic E-state index is 11.9. The highest BCUT2D eigenvalue weighted by Gasteiger charge is 2.17. The van der Waals surface area contributed by atoms with Crippen molar-refractivity contribution in [3.8, 4) is 0 Å². The summed E-state index contributed by atoms with van der Waals surface area (Å²) in [7, 11) is 0. The molecular formula is C29H43ClN4O3. The number of hydrogen-bond donors (Lipinski definition) is 4. The lowest BCUT2D eigenvalue weighted by Gasteiger charge is -2.21. The van der Waals surface area contributed by atoms with Gasteiger partial charge in [-0.15, -0.1) is 0 Å². The summed E-state index contributed by atoms with van der Waals surface area (Å²) in [6, 6.07) is 14.3. The van der Waals surface area contributed by atoms with Crippen LogP contribution >= 0.6 is 11.6 Å². The van der Waals surface area contributed by atoms with Crippen LogP contribution in [0.2, 0.25) is 5.02 Å². The zero-order valence-corrected chi connectivity index (χ0v) is 23.3. The molecule has 2 aromatic carbocycles. The van der Waals surface area contributed by atoms with Crippen molar-refractivity contribution >= 4 is 29.3 Å². The van der Waals surface area contributed by atoms with E-state index in [0.29, 0.717) is 12.1 Å². The van der Waals surface area contributed by atoms with Crippen LogP contribution in [0, 0.1) is 5.92 Å². The van der Waals surface area contributed by atoms with Gasteiger partial charge in [0.1, 0.15) is 6.04 Å². The van der Waals surface area contributed by atoms with E-state index in [1.165, 1.54) is 44.6 Å². The topological polar surface area (TPSA) is 127 Å². The van der Waals surface area contributed by atoms with Crippen molar-refractivity contribution in [2.75, 3.05) is 6.54 Å². The van der Waals surface area contributed by atoms with Crippen LogP contribution in [0.15, 0.2) is 48.5 Å². The maximum absolute atomic E-state index is 11.9. The van der Waals surface area contributed by atoms with E-state index < -0.39 is 17.9 Å². The van der Waals surface area contributed by atoms with E-state index in [0.717, 1.165) is 22.4 Å². The minimum atomic E-state index is -0.768. The Hall–Kier alpha value is -2.90. The molecule has 0 bridgehead atoms. The number of hydrogen-bond acceptors (Lipinski definition) is 4. The fraction of sp³-hybridized carbons (Fsp3) is 0.483. The molecular weight excluding hydrogens is 488 g/mol. The molecule has 6 N–H and O–H groups in total. The number of primary amides is 1. The number of carbonyl (C=O) groups is 3. The highest BCUT2D eigenvalue weighted by molar-refractivity contribution is 6.30. The molecule has 0 saturated heterocycles. The summed E-state index contributed by atoms with van der Waals surface area (Å²) in [4.78, 5) is 34.0. The molecule has 0 spiro atoms. The number of rotatable bonds is 7. The van der Waals surface area contributed by atoms with Gasteiger partial charge in [-0.2, -0.15) is 0 Å². The third kappa shape index (κ3) is 13.8. The van der Waals surface area contributed by atoms with E-state index >= 15 is 0 Å². The summed E-state index contributed by atoms with van der Waals surface area (Å²) in [6.07, 6.45) is 6.88. The molecule has 0 radical (unpaired) electrons. The van der Waals surface area contributed by atoms with Gasteiger partial charge in [0.2, 0.25) is 11.8 Å². The van der Waals surface area contributed by atoms with Gasteiger partial charge in [-0.1, -0.05) is 75.9 Å². The monoisotopic (exact) mass is 530 g/mol. The highest BCUT2D eigenvalue weighted by atomic mass is 35.5. The van der Waals surface area contributed by atoms with Gasteiger partial charge in [-0.25, -0.2) is 0 Å². The second-order valence-electron chi connectivity index (χ2n) is 9.90. The third-order valence-corrected chi connectivity index (χ3v) is 5.79. The van der Waals surface area contributed by atoms with Crippen molar-refractivity contribution < 1.29 is 14.4 Å². The highest BCUT2D eigenvalue weighted by Crippen LogP contribution is 2.33. The molecule has 1 aliphatic rings. The average molecular weight is 531 g/mol. The first-order valence-electron chi connectivity index (χ1n) is 12.9. The van der Waals surface area contributed by atoms with Gasteiger partial charge >= 0.3 is 0 Å². The molecule has 1 saturated carbocycles. The summed E-state index contributed by atoms with van der Waals surface area (Å²) in [5.74, 6) is 0.104. The van der Waals surface area contributed by atoms with E-state index in [9.17, 15) is 14.4 Å². The van der Waals surface area contributed by atoms with Gasteiger partial charge in [0, 0.05) is 17.1 Å². The van der Waals surface area contributed by atoms with E-state index in [4.69, 9.17) is 23.1 Å². The summed E-state index contributed by atoms with van der Waals surface area (Å²) >= 11 is 5.96. The lowest BCUT2D eigenvalue weighted by atomic mass is 9.84. The summed E-state index contributed by atoms with van der Waals surface area (Å²) in [6.45, 7) is 8.15. The van der Waals surface area contributed by atoms with Gasteiger partial charge in [0.15, 0.2) is 0 Å². The second kappa shape index (κ2) is 17.5. The molecule has 7 nitrogen and oxygen atoms in total. The molecule has 1 unspecified atom stereocenters. The molecule has 37 heavy (non-hydrogen) atoms. The molecule has 2 aromatic rings. The van der Waals surface area contributed by atoms with Gasteiger partial charge in [-0.3, -0.25) is 14.4 Å². The predicted octanol–water partition coefficient (Wildman–Crippen LogP) is 4.92. The Balaban J connectivity index is 0.000000342. The van der Waals surface area contributed by atoms with Crippen molar-refractivity contribution in [2.24, 2.45) is 17.4 Å². The zero-order valence-electron chi connectivity index (χ0n) is 22.6. The van der Waals surface area contributed by atoms with Crippen LogP contribution in [0.1, 0.15) is 87.2 Å². The Bertz CT molecular complexity index is 971. The van der Waals surface area contributed by atoms with Gasteiger partial charge < -0.3 is 22.1 Å². The van der Waals surface area contributed by atoms with Crippen LogP contribution < -0.4 is 22.1 Å². The summed E-state index contributed by atoms with van der Waals surface area (Å²) in [5.41, 5.74) is 13.1. The first-order valence-corrected chi connectivity index (χ1v) is 13.3. The number of nitrogens with two attached hydrogens (primary N) is 2. The number of amides is 3. The average Bonchev–Trinajstić information content (AvgIpc) is 2.87. The quantitative estimate of drug-likeness (QED) is 0.405. The smallest absolute Gasteiger partial charge is 0.251 e. The molecule has 1 aliphatic carbocycles. The minimum Gasteiger partial charge on any atom is -0.368 e. The van der Waals surface area contributed by atoms with Crippen molar-refractivity contribution in [1.82, 2.24) is 10.6 Å². The van der Waals surface area contributed by atoms with E-state index in [1.54, 1.807) is 24.3 Å². The van der Waals surface area contributed by atoms with Crippen molar-refractivity contribution in [1.29, 1.82) is 0 Å². The Morgan fingerprint density at radius 1 is 0.973 bits per heavy atom. The first-order chi connectivity index (χ1) is 17.5. The first kappa shape index (κ1) is 32.1. The second-order valence-corrected chi connectivity index (χ2v) is 10.3. The molecule has 3 rings (SSSR count). The molecule has 3 amide bonds. The van der Waals surface area contributed by atoms with E-state index in [2.05, 4.69) is 49.6 Å². The fourth-order valence-corrected chi connectivity index (χ4v) is 3.86. The fourth-order valence-electron chi connectivity index (χ4n) is 3.66. The van der Waals surface area contributed by atoms with Crippen molar-refractivity contribution in [2.45, 2.75) is 78.3 Å². The van der Waals surface area contributed by atoms with E-state index in [-0.39, 0.29) is 12.5 Å². The normalized spacial score (nSPS) is 13.8. The lowest BCUT2D eigenvalue weighted by molar-refractivity contribution is -0.125. The molecule has 0 aromatic heterocycles. The van der Waals surface area contributed by atoms with Crippen LogP contribution in [0.4, 0.5) is 0 Å². The molecule has 1 fully saturated rings. The van der Waals surface area contributed by atoms with Crippen LogP contribution in [0.5, 0.6) is 0 Å². The molecule has 0 heterocycles. The Kier molecular flexibility index (Phi) is 15.2. The van der Waals surface area contributed by atoms with Crippen LogP contribution in [-0.4, -0.2) is 30.3 Å². The molecule has 8 heteroatoms. The number of benzene rings is 2. The number of halogens is 1. The van der Waals surface area contributed by atoms with E-state index in [1.807, 2.05) is 6.07 Å². The number of carbonyl (C=O) groups excluding carboxylic acids is 3. The maximum Gasteiger partial charge on any atom is 0.251 e. The van der Waals surface area contributed by atoms with Gasteiger partial charge in [0.05, 0.1) is 6.54 Å². The van der Waals surface area contributed by atoms with Crippen molar-refractivity contribution in [3.63, 3.8) is 0 Å². The van der Waals surface area contributed by atoms with Crippen LogP contribution in [0.3, 0.4) is 0 Å². The SMILES string of the molecule is CC(C)C.CC(NC(=O)c1ccc(CN)cc1)C(=O)NCC(N)=O.Clc1cccc(C2CCCCC2)c1. The molecule has 0 aliphatic heterocycles. The molecule has 204 valence electrons. The van der Waals surface area contributed by atoms with Gasteiger partial charge in [-0.05, 0) is 67.0 Å². The summed E-state index contributed by atoms with van der Waals surface area (Å²) in [5, 5.41) is 5.71. The standard InChI is InChI=1S/C13H18N4O3.C12H15Cl.C4H10/c1-8(12(19)16-7-11(15)18)17-13(20)10-4-2-9(6-14)3-5-10;13-12-8-4-7-11(9-12)10-5-2-1-3-6-10;1-4(2)3/h2-5,8H,6-7,14H2,1H3,(H2,15,18)(H,16,19)(H,17,20);4,7-10H,1-3,5-6H2;4H,1-3H3. The largest absolute Gasteiger partial charge is 0.368 e. The third-order valence-electron chi connectivity index (χ3n) is 5.55. The Morgan fingerprint density at radius 2 is 1.57 bits per heavy atom. The predicted molar refractivity (Wildman–Crippen MR) is 151 cm³/mol. The minimum absolute atomic E-state index is 0.260. The van der Waals surface area contributed by atoms with Crippen LogP contribution in [0.25, 0.3) is 0 Å². The van der Waals surface area contributed by atoms with Crippen molar-refractivity contribution in [3.05, 3.63) is 70.2 Å². The van der Waals surface area contributed by atoms with Crippen LogP contribution in [-0.2, 0) is 16.1 Å².